The Balaban J connectivity index is 1.64. The first-order valence-corrected chi connectivity index (χ1v) is 10.6. The maximum absolute atomic E-state index is 12.5. The van der Waals surface area contributed by atoms with Crippen molar-refractivity contribution in [2.45, 2.75) is 37.8 Å². The zero-order valence-electron chi connectivity index (χ0n) is 18.2. The predicted molar refractivity (Wildman–Crippen MR) is 118 cm³/mol. The lowest BCUT2D eigenvalue weighted by molar-refractivity contribution is -0.142. The minimum atomic E-state index is -1.13. The summed E-state index contributed by atoms with van der Waals surface area (Å²) in [5.41, 5.74) is 4.39. The monoisotopic (exact) mass is 440 g/mol. The Morgan fingerprint density at radius 1 is 0.969 bits per heavy atom. The molecule has 32 heavy (non-hydrogen) atoms. The molecule has 2 aromatic rings. The number of hydrogen-bond donors (Lipinski definition) is 3. The van der Waals surface area contributed by atoms with Crippen LogP contribution in [-0.4, -0.2) is 55.5 Å². The third kappa shape index (κ3) is 5.26. The molecule has 8 heteroatoms. The van der Waals surface area contributed by atoms with Gasteiger partial charge in [-0.05, 0) is 28.7 Å². The molecule has 1 aliphatic carbocycles. The summed E-state index contributed by atoms with van der Waals surface area (Å²) in [6, 6.07) is 13.9. The van der Waals surface area contributed by atoms with E-state index in [-0.39, 0.29) is 25.6 Å². The second-order valence-corrected chi connectivity index (χ2v) is 7.67. The Morgan fingerprint density at radius 3 is 2.09 bits per heavy atom. The smallest absolute Gasteiger partial charge is 0.407 e. The average Bonchev–Trinajstić information content (AvgIpc) is 3.10. The number of ether oxygens (including phenoxy) is 2. The first-order valence-electron chi connectivity index (χ1n) is 10.6. The van der Waals surface area contributed by atoms with Gasteiger partial charge in [0, 0.05) is 13.0 Å². The molecule has 0 fully saturated rings. The molecule has 170 valence electrons. The van der Waals surface area contributed by atoms with Crippen molar-refractivity contribution in [3.63, 3.8) is 0 Å². The van der Waals surface area contributed by atoms with Crippen LogP contribution in [0.15, 0.2) is 48.5 Å². The number of methoxy groups -OCH3 is 1. The molecule has 0 saturated heterocycles. The highest BCUT2D eigenvalue weighted by Gasteiger charge is 2.30. The Hall–Kier alpha value is -3.39. The van der Waals surface area contributed by atoms with Crippen LogP contribution in [0.4, 0.5) is 4.79 Å². The van der Waals surface area contributed by atoms with E-state index in [9.17, 15) is 19.5 Å². The van der Waals surface area contributed by atoms with Crippen LogP contribution in [0.1, 0.15) is 36.8 Å². The maximum Gasteiger partial charge on any atom is 0.407 e. The van der Waals surface area contributed by atoms with Gasteiger partial charge in [0.1, 0.15) is 18.7 Å². The number of carbonyl (C=O) groups excluding carboxylic acids is 2. The van der Waals surface area contributed by atoms with Crippen LogP contribution in [0.25, 0.3) is 11.1 Å². The largest absolute Gasteiger partial charge is 0.480 e. The summed E-state index contributed by atoms with van der Waals surface area (Å²) in [4.78, 5) is 36.3. The molecule has 2 aromatic carbocycles. The predicted octanol–water partition coefficient (Wildman–Crippen LogP) is 2.91. The average molecular weight is 440 g/mol. The summed E-state index contributed by atoms with van der Waals surface area (Å²) >= 11 is 0. The zero-order valence-corrected chi connectivity index (χ0v) is 18.2. The van der Waals surface area contributed by atoms with Crippen LogP contribution in [0.3, 0.4) is 0 Å². The van der Waals surface area contributed by atoms with Gasteiger partial charge in [0.2, 0.25) is 5.91 Å². The fraction of sp³-hybridized carbons (Fsp3) is 0.375. The fourth-order valence-electron chi connectivity index (χ4n) is 3.95. The van der Waals surface area contributed by atoms with Gasteiger partial charge in [-0.25, -0.2) is 9.59 Å². The zero-order chi connectivity index (χ0) is 23.1. The van der Waals surface area contributed by atoms with E-state index in [1.165, 1.54) is 7.11 Å². The molecule has 1 aliphatic rings. The highest BCUT2D eigenvalue weighted by Crippen LogP contribution is 2.44. The molecular weight excluding hydrogens is 412 g/mol. The van der Waals surface area contributed by atoms with Gasteiger partial charge in [-0.1, -0.05) is 61.9 Å². The van der Waals surface area contributed by atoms with E-state index in [4.69, 9.17) is 9.47 Å². The number of alkyl carbamates (subject to hydrolysis) is 1. The SMILES string of the molecule is CCC[C@@H](NC(=O)C(COC)NC(=O)OCC1c2ccccc2-c2ccccc21)C(=O)O. The number of benzene rings is 2. The van der Waals surface area contributed by atoms with E-state index >= 15 is 0 Å². The van der Waals surface area contributed by atoms with E-state index in [1.54, 1.807) is 0 Å². The topological polar surface area (TPSA) is 114 Å². The Morgan fingerprint density at radius 2 is 1.56 bits per heavy atom. The summed E-state index contributed by atoms with van der Waals surface area (Å²) in [6.45, 7) is 1.81. The van der Waals surface area contributed by atoms with Crippen LogP contribution in [-0.2, 0) is 19.1 Å². The number of hydrogen-bond acceptors (Lipinski definition) is 5. The van der Waals surface area contributed by atoms with Crippen molar-refractivity contribution in [2.24, 2.45) is 0 Å². The number of aliphatic carboxylic acids is 1. The van der Waals surface area contributed by atoms with Crippen LogP contribution >= 0.6 is 0 Å². The number of carbonyl (C=O) groups is 3. The molecule has 0 saturated carbocycles. The third-order valence-electron chi connectivity index (χ3n) is 5.48. The second-order valence-electron chi connectivity index (χ2n) is 7.67. The van der Waals surface area contributed by atoms with Gasteiger partial charge in [0.15, 0.2) is 0 Å². The molecule has 0 aromatic heterocycles. The first kappa shape index (κ1) is 23.3. The second kappa shape index (κ2) is 10.8. The molecule has 3 rings (SSSR count). The standard InChI is InChI=1S/C24H28N2O6/c1-3-8-20(23(28)29)25-22(27)21(14-31-2)26-24(30)32-13-19-17-11-6-4-9-15(17)16-10-5-7-12-18(16)19/h4-7,9-12,19-21H,3,8,13-14H2,1-2H3,(H,25,27)(H,26,30)(H,28,29)/t20-,21?/m1/s1. The van der Waals surface area contributed by atoms with E-state index < -0.39 is 30.1 Å². The van der Waals surface area contributed by atoms with Crippen LogP contribution in [0, 0.1) is 0 Å². The summed E-state index contributed by atoms with van der Waals surface area (Å²) in [6.07, 6.45) is 0.101. The molecule has 2 atom stereocenters. The van der Waals surface area contributed by atoms with Crippen molar-refractivity contribution in [1.29, 1.82) is 0 Å². The minimum Gasteiger partial charge on any atom is -0.480 e. The molecule has 0 aliphatic heterocycles. The molecule has 0 radical (unpaired) electrons. The Labute approximate surface area is 186 Å². The van der Waals surface area contributed by atoms with Crippen LogP contribution in [0.2, 0.25) is 0 Å². The lowest BCUT2D eigenvalue weighted by atomic mass is 9.98. The number of nitrogens with one attached hydrogen (secondary N) is 2. The molecule has 0 bridgehead atoms. The summed E-state index contributed by atoms with van der Waals surface area (Å²) in [5.74, 6) is -1.87. The quantitative estimate of drug-likeness (QED) is 0.524. The van der Waals surface area contributed by atoms with E-state index in [2.05, 4.69) is 10.6 Å². The van der Waals surface area contributed by atoms with Gasteiger partial charge < -0.3 is 25.2 Å². The highest BCUT2D eigenvalue weighted by molar-refractivity contribution is 5.89. The van der Waals surface area contributed by atoms with Gasteiger partial charge in [0.25, 0.3) is 0 Å². The van der Waals surface area contributed by atoms with Crippen molar-refractivity contribution in [2.75, 3.05) is 20.3 Å². The van der Waals surface area contributed by atoms with Crippen LogP contribution in [0.5, 0.6) is 0 Å². The van der Waals surface area contributed by atoms with E-state index in [0.717, 1.165) is 22.3 Å². The molecule has 0 heterocycles. The van der Waals surface area contributed by atoms with Crippen LogP contribution < -0.4 is 10.6 Å². The van der Waals surface area contributed by atoms with Gasteiger partial charge >= 0.3 is 12.1 Å². The molecule has 3 N–H and O–H groups in total. The number of carboxylic acids is 1. The van der Waals surface area contributed by atoms with Gasteiger partial charge in [-0.15, -0.1) is 0 Å². The van der Waals surface area contributed by atoms with E-state index in [1.807, 2.05) is 55.5 Å². The minimum absolute atomic E-state index is 0.106. The van der Waals surface area contributed by atoms with Gasteiger partial charge in [0.05, 0.1) is 6.61 Å². The molecule has 0 spiro atoms. The number of rotatable bonds is 10. The summed E-state index contributed by atoms with van der Waals surface area (Å²) < 4.78 is 10.5. The van der Waals surface area contributed by atoms with E-state index in [0.29, 0.717) is 6.42 Å². The Bertz CT molecular complexity index is 931. The molecular formula is C24H28N2O6. The number of carboxylic acid groups (broad SMARTS) is 1. The maximum atomic E-state index is 12.5. The number of amides is 2. The van der Waals surface area contributed by atoms with Crippen molar-refractivity contribution in [3.05, 3.63) is 59.7 Å². The van der Waals surface area contributed by atoms with Crippen molar-refractivity contribution in [3.8, 4) is 11.1 Å². The van der Waals surface area contributed by atoms with Gasteiger partial charge in [-0.2, -0.15) is 0 Å². The van der Waals surface area contributed by atoms with Crippen molar-refractivity contribution < 1.29 is 29.0 Å². The third-order valence-corrected chi connectivity index (χ3v) is 5.48. The van der Waals surface area contributed by atoms with Gasteiger partial charge in [-0.3, -0.25) is 4.79 Å². The molecule has 1 unspecified atom stereocenters. The summed E-state index contributed by atoms with van der Waals surface area (Å²) in [7, 11) is 1.39. The molecule has 2 amide bonds. The Kier molecular flexibility index (Phi) is 7.83. The van der Waals surface area contributed by atoms with Crippen molar-refractivity contribution in [1.82, 2.24) is 10.6 Å². The first-order chi connectivity index (χ1) is 15.5. The lowest BCUT2D eigenvalue weighted by Gasteiger charge is -2.21. The molecule has 8 nitrogen and oxygen atoms in total. The highest BCUT2D eigenvalue weighted by atomic mass is 16.5. The fourth-order valence-corrected chi connectivity index (χ4v) is 3.95. The summed E-state index contributed by atoms with van der Waals surface area (Å²) in [5, 5.41) is 14.2. The van der Waals surface area contributed by atoms with Crippen molar-refractivity contribution >= 4 is 18.0 Å². The number of fused-ring (bicyclic) bond motifs is 3. The lowest BCUT2D eigenvalue weighted by Crippen LogP contribution is -2.53. The normalized spacial score (nSPS) is 14.1.